The van der Waals surface area contributed by atoms with Crippen LogP contribution in [0.2, 0.25) is 0 Å². The van der Waals surface area contributed by atoms with E-state index >= 15 is 0 Å². The zero-order valence-electron chi connectivity index (χ0n) is 11.4. The number of fused-ring (bicyclic) bond motifs is 3. The van der Waals surface area contributed by atoms with Crippen molar-refractivity contribution in [2.45, 2.75) is 17.9 Å². The maximum atomic E-state index is 5.02. The van der Waals surface area contributed by atoms with Gasteiger partial charge in [-0.25, -0.2) is 0 Å². The predicted octanol–water partition coefficient (Wildman–Crippen LogP) is 4.35. The molecule has 0 spiro atoms. The van der Waals surface area contributed by atoms with Gasteiger partial charge in [0.15, 0.2) is 5.17 Å². The lowest BCUT2D eigenvalue weighted by molar-refractivity contribution is 0.466. The Bertz CT molecular complexity index is 666. The molecule has 0 amide bonds. The molecule has 0 radical (unpaired) electrons. The van der Waals surface area contributed by atoms with E-state index in [4.69, 9.17) is 4.99 Å². The molecule has 0 unspecified atom stereocenters. The number of benzene rings is 2. The van der Waals surface area contributed by atoms with Crippen LogP contribution >= 0.6 is 11.8 Å². The molecule has 2 aliphatic rings. The molecule has 2 nitrogen and oxygen atoms in total. The maximum absolute atomic E-state index is 5.02. The molecule has 2 aromatic rings. The third-order valence-electron chi connectivity index (χ3n) is 3.99. The summed E-state index contributed by atoms with van der Waals surface area (Å²) in [5.41, 5.74) is 2.64. The van der Waals surface area contributed by atoms with Gasteiger partial charge in [0.2, 0.25) is 0 Å². The van der Waals surface area contributed by atoms with E-state index < -0.39 is 0 Å². The predicted molar refractivity (Wildman–Crippen MR) is 85.4 cm³/mol. The van der Waals surface area contributed by atoms with Crippen LogP contribution < -0.4 is 4.90 Å². The van der Waals surface area contributed by atoms with E-state index in [1.165, 1.54) is 16.1 Å². The van der Waals surface area contributed by atoms with E-state index in [0.717, 1.165) is 11.7 Å². The number of hydrogen-bond acceptors (Lipinski definition) is 3. The SMILES string of the molecule is C[C@H]1CN2C(=N[C@H]1c1ccccc1)Sc1ccccc12. The molecule has 2 heterocycles. The normalized spacial score (nSPS) is 24.1. The van der Waals surface area contributed by atoms with Gasteiger partial charge in [0.1, 0.15) is 0 Å². The fourth-order valence-corrected chi connectivity index (χ4v) is 4.06. The fraction of sp³-hybridized carbons (Fsp3) is 0.235. The first kappa shape index (κ1) is 12.0. The van der Waals surface area contributed by atoms with Crippen molar-refractivity contribution in [3.8, 4) is 0 Å². The number of thioether (sulfide) groups is 1. The van der Waals surface area contributed by atoms with Gasteiger partial charge < -0.3 is 4.90 Å². The minimum atomic E-state index is 0.282. The molecule has 100 valence electrons. The lowest BCUT2D eigenvalue weighted by Crippen LogP contribution is -2.37. The first-order chi connectivity index (χ1) is 9.83. The highest BCUT2D eigenvalue weighted by molar-refractivity contribution is 8.14. The van der Waals surface area contributed by atoms with Crippen LogP contribution in [0.15, 0.2) is 64.5 Å². The molecule has 2 aromatic carbocycles. The monoisotopic (exact) mass is 280 g/mol. The number of anilines is 1. The second-order valence-electron chi connectivity index (χ2n) is 5.42. The second kappa shape index (κ2) is 4.67. The van der Waals surface area contributed by atoms with Gasteiger partial charge in [-0.05, 0) is 29.5 Å². The number of rotatable bonds is 1. The Morgan fingerprint density at radius 1 is 1.05 bits per heavy atom. The molecular formula is C17H16N2S. The molecule has 0 aromatic heterocycles. The summed E-state index contributed by atoms with van der Waals surface area (Å²) in [6.07, 6.45) is 0. The third kappa shape index (κ3) is 1.85. The number of hydrogen-bond donors (Lipinski definition) is 0. The van der Waals surface area contributed by atoms with Crippen LogP contribution in [0.3, 0.4) is 0 Å². The molecule has 2 aliphatic heterocycles. The van der Waals surface area contributed by atoms with Crippen LogP contribution in [0.5, 0.6) is 0 Å². The Hall–Kier alpha value is -1.74. The van der Waals surface area contributed by atoms with Crippen LogP contribution in [0, 0.1) is 5.92 Å². The van der Waals surface area contributed by atoms with E-state index in [-0.39, 0.29) is 6.04 Å². The Kier molecular flexibility index (Phi) is 2.81. The number of para-hydroxylation sites is 1. The van der Waals surface area contributed by atoms with Crippen molar-refractivity contribution in [1.82, 2.24) is 0 Å². The zero-order chi connectivity index (χ0) is 13.5. The van der Waals surface area contributed by atoms with Crippen molar-refractivity contribution in [3.05, 3.63) is 60.2 Å². The number of nitrogens with zero attached hydrogens (tertiary/aromatic N) is 2. The first-order valence-corrected chi connectivity index (χ1v) is 7.82. The molecule has 2 atom stereocenters. The summed E-state index contributed by atoms with van der Waals surface area (Å²) < 4.78 is 0. The molecule has 3 heteroatoms. The summed E-state index contributed by atoms with van der Waals surface area (Å²) >= 11 is 1.80. The van der Waals surface area contributed by atoms with Crippen molar-refractivity contribution in [1.29, 1.82) is 0 Å². The summed E-state index contributed by atoms with van der Waals surface area (Å²) in [5.74, 6) is 0.521. The average Bonchev–Trinajstić information content (AvgIpc) is 2.85. The summed E-state index contributed by atoms with van der Waals surface area (Å²) in [7, 11) is 0. The van der Waals surface area contributed by atoms with Gasteiger partial charge in [-0.15, -0.1) is 0 Å². The van der Waals surface area contributed by atoms with Crippen molar-refractivity contribution in [3.63, 3.8) is 0 Å². The van der Waals surface area contributed by atoms with E-state index in [9.17, 15) is 0 Å². The minimum Gasteiger partial charge on any atom is -0.319 e. The summed E-state index contributed by atoms with van der Waals surface area (Å²) in [4.78, 5) is 8.71. The molecule has 20 heavy (non-hydrogen) atoms. The summed E-state index contributed by atoms with van der Waals surface area (Å²) in [6, 6.07) is 19.5. The third-order valence-corrected chi connectivity index (χ3v) is 5.06. The smallest absolute Gasteiger partial charge is 0.169 e. The average molecular weight is 280 g/mol. The van der Waals surface area contributed by atoms with Gasteiger partial charge in [0.25, 0.3) is 0 Å². The van der Waals surface area contributed by atoms with Gasteiger partial charge in [0, 0.05) is 17.4 Å². The van der Waals surface area contributed by atoms with Crippen molar-refractivity contribution in [2.75, 3.05) is 11.4 Å². The Morgan fingerprint density at radius 2 is 1.80 bits per heavy atom. The Balaban J connectivity index is 1.74. The van der Waals surface area contributed by atoms with E-state index in [0.29, 0.717) is 5.92 Å². The maximum Gasteiger partial charge on any atom is 0.169 e. The lowest BCUT2D eigenvalue weighted by atomic mass is 9.93. The standard InChI is InChI=1S/C17H16N2S/c1-12-11-19-14-9-5-6-10-15(14)20-17(19)18-16(12)13-7-3-2-4-8-13/h2-10,12,16H,11H2,1H3/t12-,16+/m0/s1. The van der Waals surface area contributed by atoms with Crippen LogP contribution in [0.4, 0.5) is 5.69 Å². The first-order valence-electron chi connectivity index (χ1n) is 7.00. The Morgan fingerprint density at radius 3 is 2.65 bits per heavy atom. The quantitative estimate of drug-likeness (QED) is 0.772. The van der Waals surface area contributed by atoms with Crippen LogP contribution in [0.25, 0.3) is 0 Å². The minimum absolute atomic E-state index is 0.282. The fourth-order valence-electron chi connectivity index (χ4n) is 2.98. The zero-order valence-corrected chi connectivity index (χ0v) is 12.2. The van der Waals surface area contributed by atoms with Crippen molar-refractivity contribution >= 4 is 22.6 Å². The largest absolute Gasteiger partial charge is 0.319 e. The molecular weight excluding hydrogens is 264 g/mol. The van der Waals surface area contributed by atoms with E-state index in [1.54, 1.807) is 11.8 Å². The van der Waals surface area contributed by atoms with Crippen molar-refractivity contribution in [2.24, 2.45) is 10.9 Å². The Labute approximate surface area is 123 Å². The molecule has 4 rings (SSSR count). The van der Waals surface area contributed by atoms with Crippen molar-refractivity contribution < 1.29 is 0 Å². The summed E-state index contributed by atoms with van der Waals surface area (Å²) in [6.45, 7) is 3.34. The van der Waals surface area contributed by atoms with E-state index in [1.807, 2.05) is 0 Å². The van der Waals surface area contributed by atoms with Gasteiger partial charge in [-0.2, -0.15) is 0 Å². The lowest BCUT2D eigenvalue weighted by Gasteiger charge is -2.33. The molecule has 0 bridgehead atoms. The highest BCUT2D eigenvalue weighted by atomic mass is 32.2. The number of amidine groups is 1. The molecule has 0 saturated heterocycles. The van der Waals surface area contributed by atoms with Gasteiger partial charge in [-0.3, -0.25) is 4.99 Å². The van der Waals surface area contributed by atoms with Crippen LogP contribution in [0.1, 0.15) is 18.5 Å². The van der Waals surface area contributed by atoms with E-state index in [2.05, 4.69) is 66.4 Å². The number of aliphatic imine (C=N–C) groups is 1. The molecule has 0 saturated carbocycles. The highest BCUT2D eigenvalue weighted by Crippen LogP contribution is 2.45. The molecule has 0 fully saturated rings. The molecule has 0 N–H and O–H groups in total. The van der Waals surface area contributed by atoms with Gasteiger partial charge >= 0.3 is 0 Å². The van der Waals surface area contributed by atoms with Gasteiger partial charge in [0.05, 0.1) is 11.7 Å². The van der Waals surface area contributed by atoms with Crippen LogP contribution in [-0.4, -0.2) is 11.7 Å². The highest BCUT2D eigenvalue weighted by Gasteiger charge is 2.34. The second-order valence-corrected chi connectivity index (χ2v) is 6.43. The van der Waals surface area contributed by atoms with Crippen LogP contribution in [-0.2, 0) is 0 Å². The topological polar surface area (TPSA) is 15.6 Å². The molecule has 0 aliphatic carbocycles. The van der Waals surface area contributed by atoms with Gasteiger partial charge in [-0.1, -0.05) is 49.4 Å². The summed E-state index contributed by atoms with van der Waals surface area (Å²) in [5, 5.41) is 1.15.